The van der Waals surface area contributed by atoms with Crippen LogP contribution in [0.1, 0.15) is 51.7 Å². The van der Waals surface area contributed by atoms with Crippen molar-refractivity contribution in [2.24, 2.45) is 0 Å². The Bertz CT molecular complexity index is 1420. The van der Waals surface area contributed by atoms with Crippen LogP contribution in [-0.4, -0.2) is 15.5 Å². The Morgan fingerprint density at radius 1 is 1.09 bits per heavy atom. The van der Waals surface area contributed by atoms with Gasteiger partial charge in [-0.3, -0.25) is 0 Å². The van der Waals surface area contributed by atoms with E-state index in [-0.39, 0.29) is 17.9 Å². The van der Waals surface area contributed by atoms with Crippen molar-refractivity contribution in [3.05, 3.63) is 104 Å². The molecular weight excluding hydrogens is 481 g/mol. The van der Waals surface area contributed by atoms with Crippen LogP contribution < -0.4 is 5.32 Å². The molecule has 0 radical (unpaired) electrons. The largest absolute Gasteiger partial charge is 0.322 e. The highest BCUT2D eigenvalue weighted by Crippen LogP contribution is 2.44. The summed E-state index contributed by atoms with van der Waals surface area (Å²) in [4.78, 5) is 17.3. The molecule has 2 aromatic heterocycles. The lowest BCUT2D eigenvalue weighted by Gasteiger charge is -2.31. The summed E-state index contributed by atoms with van der Waals surface area (Å²) in [6, 6.07) is 15.5. The molecule has 3 heterocycles. The third-order valence-corrected chi connectivity index (χ3v) is 8.64. The zero-order valence-electron chi connectivity index (χ0n) is 19.4. The van der Waals surface area contributed by atoms with E-state index in [2.05, 4.69) is 22.1 Å². The lowest BCUT2D eigenvalue weighted by Crippen LogP contribution is -2.38. The summed E-state index contributed by atoms with van der Waals surface area (Å²) >= 11 is 8.08. The van der Waals surface area contributed by atoms with E-state index in [1.54, 1.807) is 18.2 Å². The number of halogens is 2. The Morgan fingerprint density at radius 3 is 2.71 bits per heavy atom. The molecule has 4 aromatic rings. The van der Waals surface area contributed by atoms with Crippen molar-refractivity contribution in [2.75, 3.05) is 5.32 Å². The SMILES string of the molecule is Cc1ccc(Cl)cc1NC(=O)N1Cc2c(sc3c2CCCC3)-n2cccc2[C@@H]1c1ccc(F)cc1. The average Bonchev–Trinajstić information content (AvgIpc) is 3.44. The predicted octanol–water partition coefficient (Wildman–Crippen LogP) is 7.66. The zero-order chi connectivity index (χ0) is 24.1. The number of amides is 2. The van der Waals surface area contributed by atoms with Crippen molar-refractivity contribution >= 4 is 34.7 Å². The summed E-state index contributed by atoms with van der Waals surface area (Å²) in [6.45, 7) is 2.43. The lowest BCUT2D eigenvalue weighted by atomic mass is 9.95. The Hall–Kier alpha value is -3.09. The minimum Gasteiger partial charge on any atom is -0.310 e. The third kappa shape index (κ3) is 3.95. The Kier molecular flexibility index (Phi) is 5.66. The van der Waals surface area contributed by atoms with Gasteiger partial charge in [0.15, 0.2) is 0 Å². The highest BCUT2D eigenvalue weighted by Gasteiger charge is 2.36. The molecule has 0 unspecified atom stereocenters. The van der Waals surface area contributed by atoms with Crippen LogP contribution in [0.25, 0.3) is 5.00 Å². The fourth-order valence-electron chi connectivity index (χ4n) is 5.30. The quantitative estimate of drug-likeness (QED) is 0.298. The van der Waals surface area contributed by atoms with Gasteiger partial charge in [-0.25, -0.2) is 9.18 Å². The summed E-state index contributed by atoms with van der Waals surface area (Å²) in [6.07, 6.45) is 6.60. The van der Waals surface area contributed by atoms with Gasteiger partial charge in [0.2, 0.25) is 0 Å². The van der Waals surface area contributed by atoms with E-state index >= 15 is 0 Å². The predicted molar refractivity (Wildman–Crippen MR) is 139 cm³/mol. The summed E-state index contributed by atoms with van der Waals surface area (Å²) < 4.78 is 16.1. The molecule has 0 saturated carbocycles. The monoisotopic (exact) mass is 505 g/mol. The molecular formula is C28H25ClFN3OS. The van der Waals surface area contributed by atoms with Crippen LogP contribution in [0.15, 0.2) is 60.8 Å². The van der Waals surface area contributed by atoms with Gasteiger partial charge in [-0.15, -0.1) is 11.3 Å². The maximum atomic E-state index is 14.0. The van der Waals surface area contributed by atoms with Crippen LogP contribution in [0.4, 0.5) is 14.9 Å². The maximum absolute atomic E-state index is 14.0. The van der Waals surface area contributed by atoms with E-state index < -0.39 is 0 Å². The van der Waals surface area contributed by atoms with Crippen molar-refractivity contribution in [3.63, 3.8) is 0 Å². The molecule has 0 bridgehead atoms. The number of benzene rings is 2. The number of hydrogen-bond donors (Lipinski definition) is 1. The van der Waals surface area contributed by atoms with Gasteiger partial charge in [0.25, 0.3) is 0 Å². The number of rotatable bonds is 2. The van der Waals surface area contributed by atoms with Gasteiger partial charge in [0, 0.05) is 27.3 Å². The van der Waals surface area contributed by atoms with E-state index in [0.717, 1.165) is 29.7 Å². The number of fused-ring (bicyclic) bond motifs is 5. The zero-order valence-corrected chi connectivity index (χ0v) is 20.9. The normalized spacial score (nSPS) is 16.8. The molecule has 1 N–H and O–H groups in total. The van der Waals surface area contributed by atoms with Crippen molar-refractivity contribution < 1.29 is 9.18 Å². The summed E-state index contributed by atoms with van der Waals surface area (Å²) in [5.74, 6) is -0.295. The first kappa shape index (κ1) is 22.4. The minimum absolute atomic E-state index is 0.207. The first-order chi connectivity index (χ1) is 17.0. The van der Waals surface area contributed by atoms with E-state index in [9.17, 15) is 9.18 Å². The molecule has 2 amide bonds. The molecule has 6 rings (SSSR count). The van der Waals surface area contributed by atoms with Gasteiger partial charge in [-0.05, 0) is 85.7 Å². The van der Waals surface area contributed by atoms with Gasteiger partial charge >= 0.3 is 6.03 Å². The molecule has 7 heteroatoms. The van der Waals surface area contributed by atoms with Crippen LogP contribution in [0.3, 0.4) is 0 Å². The molecule has 1 aliphatic heterocycles. The standard InChI is InChI=1S/C28H25ClFN3OS/c1-17-8-11-19(29)15-23(17)31-28(34)33-16-22-21-5-2-3-7-25(21)35-27(22)32-14-4-6-24(32)26(33)18-9-12-20(30)13-10-18/h4,6,8-15,26H,2-3,5,7,16H2,1H3,(H,31,34)/t26-/m0/s1. The first-order valence-corrected chi connectivity index (χ1v) is 13.1. The molecule has 1 aliphatic carbocycles. The minimum atomic E-state index is -0.371. The lowest BCUT2D eigenvalue weighted by molar-refractivity contribution is 0.194. The van der Waals surface area contributed by atoms with Crippen molar-refractivity contribution in [3.8, 4) is 5.00 Å². The maximum Gasteiger partial charge on any atom is 0.322 e. The van der Waals surface area contributed by atoms with E-state index in [4.69, 9.17) is 11.6 Å². The molecule has 0 fully saturated rings. The number of nitrogens with zero attached hydrogens (tertiary/aromatic N) is 2. The van der Waals surface area contributed by atoms with Crippen molar-refractivity contribution in [1.29, 1.82) is 0 Å². The molecule has 1 atom stereocenters. The number of aromatic nitrogens is 1. The molecule has 0 spiro atoms. The Morgan fingerprint density at radius 2 is 1.89 bits per heavy atom. The van der Waals surface area contributed by atoms with E-state index in [0.29, 0.717) is 17.3 Å². The first-order valence-electron chi connectivity index (χ1n) is 11.9. The second kappa shape index (κ2) is 8.85. The van der Waals surface area contributed by atoms with Crippen LogP contribution in [0.2, 0.25) is 5.02 Å². The number of aryl methyl sites for hydroxylation is 2. The molecule has 2 aliphatic rings. The number of hydrogen-bond acceptors (Lipinski definition) is 2. The Labute approximate surface area is 213 Å². The summed E-state index contributed by atoms with van der Waals surface area (Å²) in [5, 5.41) is 4.87. The van der Waals surface area contributed by atoms with Gasteiger partial charge in [-0.2, -0.15) is 0 Å². The molecule has 4 nitrogen and oxygen atoms in total. The second-order valence-corrected chi connectivity index (χ2v) is 10.8. The topological polar surface area (TPSA) is 37.3 Å². The third-order valence-electron chi connectivity index (χ3n) is 7.07. The molecule has 35 heavy (non-hydrogen) atoms. The number of anilines is 1. The van der Waals surface area contributed by atoms with Crippen LogP contribution in [0.5, 0.6) is 0 Å². The average molecular weight is 506 g/mol. The van der Waals surface area contributed by atoms with Crippen LogP contribution >= 0.6 is 22.9 Å². The summed E-state index contributed by atoms with van der Waals surface area (Å²) in [7, 11) is 0. The van der Waals surface area contributed by atoms with Crippen molar-refractivity contribution in [2.45, 2.75) is 45.2 Å². The highest BCUT2D eigenvalue weighted by molar-refractivity contribution is 7.15. The number of carbonyl (C=O) groups is 1. The molecule has 178 valence electrons. The number of carbonyl (C=O) groups excluding carboxylic acids is 1. The fraction of sp³-hybridized carbons (Fsp3) is 0.250. The number of thiophene rings is 1. The highest BCUT2D eigenvalue weighted by atomic mass is 35.5. The van der Waals surface area contributed by atoms with Crippen LogP contribution in [-0.2, 0) is 19.4 Å². The molecule has 2 aromatic carbocycles. The van der Waals surface area contributed by atoms with Crippen LogP contribution in [0, 0.1) is 12.7 Å². The van der Waals surface area contributed by atoms with Gasteiger partial charge in [0.1, 0.15) is 10.8 Å². The smallest absolute Gasteiger partial charge is 0.310 e. The van der Waals surface area contributed by atoms with Gasteiger partial charge in [-0.1, -0.05) is 29.8 Å². The fourth-order valence-corrected chi connectivity index (χ4v) is 6.87. The Balaban J connectivity index is 1.50. The second-order valence-electron chi connectivity index (χ2n) is 9.27. The van der Waals surface area contributed by atoms with E-state index in [1.807, 2.05) is 41.4 Å². The van der Waals surface area contributed by atoms with Gasteiger partial charge in [0.05, 0.1) is 18.3 Å². The van der Waals surface area contributed by atoms with E-state index in [1.165, 1.54) is 46.0 Å². The number of nitrogens with one attached hydrogen (secondary N) is 1. The number of urea groups is 1. The molecule has 0 saturated heterocycles. The van der Waals surface area contributed by atoms with Gasteiger partial charge < -0.3 is 14.8 Å². The summed E-state index contributed by atoms with van der Waals surface area (Å²) in [5.41, 5.74) is 6.11. The van der Waals surface area contributed by atoms with Crippen molar-refractivity contribution in [1.82, 2.24) is 9.47 Å².